The van der Waals surface area contributed by atoms with Crippen LogP contribution in [-0.2, 0) is 12.8 Å². The fourth-order valence-electron chi connectivity index (χ4n) is 3.82. The van der Waals surface area contributed by atoms with E-state index in [0.717, 1.165) is 25.2 Å². The van der Waals surface area contributed by atoms with Gasteiger partial charge in [-0.25, -0.2) is 0 Å². The summed E-state index contributed by atoms with van der Waals surface area (Å²) in [6.45, 7) is 0. The zero-order valence-electron chi connectivity index (χ0n) is 11.1. The van der Waals surface area contributed by atoms with Gasteiger partial charge in [-0.05, 0) is 42.2 Å². The molecule has 2 aliphatic rings. The van der Waals surface area contributed by atoms with E-state index < -0.39 is 0 Å². The molecule has 1 aromatic carbocycles. The Morgan fingerprint density at radius 2 is 1.61 bits per heavy atom. The second-order valence-corrected chi connectivity index (χ2v) is 6.24. The molecule has 0 heterocycles. The molecule has 1 N–H and O–H groups in total. The number of hydrogen-bond acceptors (Lipinski definition) is 1. The summed E-state index contributed by atoms with van der Waals surface area (Å²) in [5, 5.41) is 10.5. The molecule has 18 heavy (non-hydrogen) atoms. The first kappa shape index (κ1) is 12.2. The van der Waals surface area contributed by atoms with Gasteiger partial charge in [0.1, 0.15) is 0 Å². The van der Waals surface area contributed by atoms with Gasteiger partial charge in [0, 0.05) is 0 Å². The SMILES string of the molecule is OC(CC1CCCCC1)C1Cc2ccccc2C1. The summed E-state index contributed by atoms with van der Waals surface area (Å²) in [6, 6.07) is 8.69. The number of benzene rings is 1. The minimum atomic E-state index is -0.0829. The number of rotatable bonds is 3. The molecule has 1 aromatic rings. The molecular weight excluding hydrogens is 220 g/mol. The maximum Gasteiger partial charge on any atom is 0.0577 e. The minimum Gasteiger partial charge on any atom is -0.393 e. The van der Waals surface area contributed by atoms with E-state index in [-0.39, 0.29) is 6.10 Å². The van der Waals surface area contributed by atoms with E-state index in [4.69, 9.17) is 0 Å². The Labute approximate surface area is 110 Å². The van der Waals surface area contributed by atoms with Gasteiger partial charge in [0.15, 0.2) is 0 Å². The number of aliphatic hydroxyl groups excluding tert-OH is 1. The second-order valence-electron chi connectivity index (χ2n) is 6.24. The summed E-state index contributed by atoms with van der Waals surface area (Å²) >= 11 is 0. The molecule has 1 saturated carbocycles. The van der Waals surface area contributed by atoms with E-state index in [0.29, 0.717) is 5.92 Å². The maximum absolute atomic E-state index is 10.5. The highest BCUT2D eigenvalue weighted by Crippen LogP contribution is 2.34. The Balaban J connectivity index is 1.56. The third-order valence-electron chi connectivity index (χ3n) is 4.93. The van der Waals surface area contributed by atoms with Crippen LogP contribution < -0.4 is 0 Å². The highest BCUT2D eigenvalue weighted by Gasteiger charge is 2.29. The van der Waals surface area contributed by atoms with Crippen LogP contribution in [0.15, 0.2) is 24.3 Å². The first-order chi connectivity index (χ1) is 8.83. The summed E-state index contributed by atoms with van der Waals surface area (Å²) < 4.78 is 0. The normalized spacial score (nSPS) is 22.9. The quantitative estimate of drug-likeness (QED) is 0.859. The van der Waals surface area contributed by atoms with Gasteiger partial charge in [-0.1, -0.05) is 56.4 Å². The zero-order chi connectivity index (χ0) is 12.4. The van der Waals surface area contributed by atoms with Crippen LogP contribution in [0.25, 0.3) is 0 Å². The van der Waals surface area contributed by atoms with E-state index in [1.807, 2.05) is 0 Å². The lowest BCUT2D eigenvalue weighted by atomic mass is 9.82. The Hall–Kier alpha value is -0.820. The predicted octanol–water partition coefficient (Wildman–Crippen LogP) is 3.73. The van der Waals surface area contributed by atoms with Crippen molar-refractivity contribution in [3.8, 4) is 0 Å². The van der Waals surface area contributed by atoms with Gasteiger partial charge in [-0.2, -0.15) is 0 Å². The largest absolute Gasteiger partial charge is 0.393 e. The predicted molar refractivity (Wildman–Crippen MR) is 74.5 cm³/mol. The Morgan fingerprint density at radius 3 is 2.22 bits per heavy atom. The van der Waals surface area contributed by atoms with Crippen LogP contribution in [0, 0.1) is 11.8 Å². The van der Waals surface area contributed by atoms with Gasteiger partial charge in [0.05, 0.1) is 6.10 Å². The number of aliphatic hydroxyl groups is 1. The molecule has 0 radical (unpaired) electrons. The summed E-state index contributed by atoms with van der Waals surface area (Å²) in [5.74, 6) is 1.27. The summed E-state index contributed by atoms with van der Waals surface area (Å²) in [5.41, 5.74) is 2.93. The number of hydrogen-bond donors (Lipinski definition) is 1. The third kappa shape index (κ3) is 2.61. The first-order valence-electron chi connectivity index (χ1n) is 7.58. The van der Waals surface area contributed by atoms with Crippen molar-refractivity contribution in [1.82, 2.24) is 0 Å². The zero-order valence-corrected chi connectivity index (χ0v) is 11.1. The molecule has 2 aliphatic carbocycles. The molecular formula is C17H24O. The van der Waals surface area contributed by atoms with Gasteiger partial charge in [0.25, 0.3) is 0 Å². The van der Waals surface area contributed by atoms with E-state index in [2.05, 4.69) is 24.3 Å². The standard InChI is InChI=1S/C17H24O/c18-17(10-13-6-2-1-3-7-13)16-11-14-8-4-5-9-15(14)12-16/h4-5,8-9,13,16-18H,1-3,6-7,10-12H2. The van der Waals surface area contributed by atoms with Gasteiger partial charge in [-0.15, -0.1) is 0 Å². The third-order valence-corrected chi connectivity index (χ3v) is 4.93. The monoisotopic (exact) mass is 244 g/mol. The molecule has 1 atom stereocenters. The highest BCUT2D eigenvalue weighted by atomic mass is 16.3. The van der Waals surface area contributed by atoms with Crippen LogP contribution in [0.3, 0.4) is 0 Å². The summed E-state index contributed by atoms with van der Waals surface area (Å²) in [6.07, 6.45) is 9.98. The van der Waals surface area contributed by atoms with E-state index in [1.54, 1.807) is 0 Å². The lowest BCUT2D eigenvalue weighted by Crippen LogP contribution is -2.25. The van der Waals surface area contributed by atoms with Crippen molar-refractivity contribution in [2.75, 3.05) is 0 Å². The lowest BCUT2D eigenvalue weighted by Gasteiger charge is -2.26. The Morgan fingerprint density at radius 1 is 1.00 bits per heavy atom. The van der Waals surface area contributed by atoms with Crippen molar-refractivity contribution in [3.63, 3.8) is 0 Å². The van der Waals surface area contributed by atoms with E-state index in [9.17, 15) is 5.11 Å². The van der Waals surface area contributed by atoms with Crippen molar-refractivity contribution < 1.29 is 5.11 Å². The highest BCUT2D eigenvalue weighted by molar-refractivity contribution is 5.32. The van der Waals surface area contributed by atoms with Gasteiger partial charge in [0.2, 0.25) is 0 Å². The molecule has 0 bridgehead atoms. The molecule has 1 nitrogen and oxygen atoms in total. The van der Waals surface area contributed by atoms with Crippen molar-refractivity contribution >= 4 is 0 Å². The lowest BCUT2D eigenvalue weighted by molar-refractivity contribution is 0.0781. The van der Waals surface area contributed by atoms with E-state index >= 15 is 0 Å². The van der Waals surface area contributed by atoms with Gasteiger partial charge < -0.3 is 5.11 Å². The second kappa shape index (κ2) is 5.44. The smallest absolute Gasteiger partial charge is 0.0577 e. The van der Waals surface area contributed by atoms with Crippen molar-refractivity contribution in [2.45, 2.75) is 57.5 Å². The van der Waals surface area contributed by atoms with Crippen LogP contribution in [0.5, 0.6) is 0 Å². The Kier molecular flexibility index (Phi) is 3.69. The number of fused-ring (bicyclic) bond motifs is 1. The molecule has 1 unspecified atom stereocenters. The van der Waals surface area contributed by atoms with Crippen LogP contribution >= 0.6 is 0 Å². The topological polar surface area (TPSA) is 20.2 Å². The van der Waals surface area contributed by atoms with Crippen LogP contribution in [-0.4, -0.2) is 11.2 Å². The summed E-state index contributed by atoms with van der Waals surface area (Å²) in [4.78, 5) is 0. The van der Waals surface area contributed by atoms with Gasteiger partial charge in [-0.3, -0.25) is 0 Å². The van der Waals surface area contributed by atoms with Crippen LogP contribution in [0.1, 0.15) is 49.7 Å². The fraction of sp³-hybridized carbons (Fsp3) is 0.647. The molecule has 0 aromatic heterocycles. The van der Waals surface area contributed by atoms with Crippen molar-refractivity contribution in [2.24, 2.45) is 11.8 Å². The van der Waals surface area contributed by atoms with E-state index in [1.165, 1.54) is 43.2 Å². The average Bonchev–Trinajstić information content (AvgIpc) is 2.84. The maximum atomic E-state index is 10.5. The van der Waals surface area contributed by atoms with Gasteiger partial charge >= 0.3 is 0 Å². The molecule has 0 saturated heterocycles. The fourth-order valence-corrected chi connectivity index (χ4v) is 3.82. The van der Waals surface area contributed by atoms with Crippen LogP contribution in [0.2, 0.25) is 0 Å². The Bertz CT molecular complexity index is 367. The van der Waals surface area contributed by atoms with Crippen molar-refractivity contribution in [3.05, 3.63) is 35.4 Å². The van der Waals surface area contributed by atoms with Crippen molar-refractivity contribution in [1.29, 1.82) is 0 Å². The minimum absolute atomic E-state index is 0.0829. The first-order valence-corrected chi connectivity index (χ1v) is 7.58. The molecule has 0 aliphatic heterocycles. The molecule has 3 rings (SSSR count). The molecule has 0 amide bonds. The molecule has 0 spiro atoms. The average molecular weight is 244 g/mol. The molecule has 98 valence electrons. The summed E-state index contributed by atoms with van der Waals surface area (Å²) in [7, 11) is 0. The molecule has 1 heteroatoms. The van der Waals surface area contributed by atoms with Crippen LogP contribution in [0.4, 0.5) is 0 Å². The molecule has 1 fully saturated rings.